The first-order valence-corrected chi connectivity index (χ1v) is 7.51. The Kier molecular flexibility index (Phi) is 4.43. The van der Waals surface area contributed by atoms with Crippen molar-refractivity contribution in [2.75, 3.05) is 0 Å². The summed E-state index contributed by atoms with van der Waals surface area (Å²) in [7, 11) is 0. The molecule has 1 aromatic heterocycles. The number of benzene rings is 1. The number of hydrogen-bond donors (Lipinski definition) is 1. The van der Waals surface area contributed by atoms with Gasteiger partial charge in [-0.2, -0.15) is 0 Å². The van der Waals surface area contributed by atoms with Crippen LogP contribution in [0.25, 0.3) is 0 Å². The molecule has 0 saturated carbocycles. The second-order valence-corrected chi connectivity index (χ2v) is 6.33. The van der Waals surface area contributed by atoms with Crippen molar-refractivity contribution in [2.45, 2.75) is 19.4 Å². The van der Waals surface area contributed by atoms with E-state index in [2.05, 4.69) is 22.9 Å². The van der Waals surface area contributed by atoms with Crippen LogP contribution in [0, 0.1) is 5.82 Å². The smallest absolute Gasteiger partial charge is 0.148 e. The highest BCUT2D eigenvalue weighted by molar-refractivity contribution is 9.10. The summed E-state index contributed by atoms with van der Waals surface area (Å²) in [5, 5.41) is 0.0789. The fourth-order valence-electron chi connectivity index (χ4n) is 1.69. The van der Waals surface area contributed by atoms with Gasteiger partial charge in [-0.3, -0.25) is 0 Å². The Balaban J connectivity index is 2.39. The van der Waals surface area contributed by atoms with Gasteiger partial charge in [0.2, 0.25) is 0 Å². The molecule has 2 rings (SSSR count). The maximum absolute atomic E-state index is 14.0. The van der Waals surface area contributed by atoms with Gasteiger partial charge in [-0.1, -0.05) is 24.6 Å². The Labute approximate surface area is 123 Å². The van der Waals surface area contributed by atoms with Crippen molar-refractivity contribution in [1.82, 2.24) is 0 Å². The summed E-state index contributed by atoms with van der Waals surface area (Å²) in [4.78, 5) is 2.19. The second-order valence-electron chi connectivity index (χ2n) is 3.90. The maximum atomic E-state index is 14.0. The molecule has 1 unspecified atom stereocenters. The minimum Gasteiger partial charge on any atom is -0.320 e. The molecule has 1 nitrogen and oxygen atoms in total. The lowest BCUT2D eigenvalue weighted by molar-refractivity contribution is 0.600. The molecule has 0 fully saturated rings. The number of nitrogens with two attached hydrogens (primary N) is 1. The van der Waals surface area contributed by atoms with Crippen molar-refractivity contribution < 1.29 is 4.39 Å². The van der Waals surface area contributed by atoms with Gasteiger partial charge in [-0.05, 0) is 40.5 Å². The Hall–Kier alpha value is -0.420. The quantitative estimate of drug-likeness (QED) is 0.783. The first kappa shape index (κ1) is 14.0. The highest BCUT2D eigenvalue weighted by Gasteiger charge is 2.18. The summed E-state index contributed by atoms with van der Waals surface area (Å²) in [5.74, 6) is -0.454. The van der Waals surface area contributed by atoms with E-state index in [1.807, 2.05) is 12.1 Å². The van der Waals surface area contributed by atoms with E-state index >= 15 is 0 Å². The van der Waals surface area contributed by atoms with E-state index in [0.29, 0.717) is 10.0 Å². The molecule has 0 aliphatic heterocycles. The highest BCUT2D eigenvalue weighted by atomic mass is 79.9. The molecule has 1 aromatic carbocycles. The van der Waals surface area contributed by atoms with Gasteiger partial charge < -0.3 is 5.73 Å². The van der Waals surface area contributed by atoms with Gasteiger partial charge in [0.1, 0.15) is 5.82 Å². The molecule has 0 saturated heterocycles. The van der Waals surface area contributed by atoms with E-state index in [9.17, 15) is 4.39 Å². The average Bonchev–Trinajstić information content (AvgIpc) is 2.84. The molecule has 96 valence electrons. The van der Waals surface area contributed by atoms with Crippen LogP contribution in [0.4, 0.5) is 4.39 Å². The van der Waals surface area contributed by atoms with Gasteiger partial charge in [0, 0.05) is 19.8 Å². The fourth-order valence-corrected chi connectivity index (χ4v) is 3.14. The van der Waals surface area contributed by atoms with E-state index in [1.165, 1.54) is 4.88 Å². The van der Waals surface area contributed by atoms with Crippen LogP contribution in [0.1, 0.15) is 28.3 Å². The van der Waals surface area contributed by atoms with Crippen LogP contribution < -0.4 is 5.73 Å². The number of hydrogen-bond acceptors (Lipinski definition) is 2. The predicted octanol–water partition coefficient (Wildman–Crippen LogP) is 4.91. The lowest BCUT2D eigenvalue weighted by Gasteiger charge is -2.12. The van der Waals surface area contributed by atoms with Crippen molar-refractivity contribution in [1.29, 1.82) is 0 Å². The van der Waals surface area contributed by atoms with E-state index in [0.717, 1.165) is 11.3 Å². The zero-order valence-electron chi connectivity index (χ0n) is 9.71. The van der Waals surface area contributed by atoms with Crippen LogP contribution in [0.15, 0.2) is 28.7 Å². The molecule has 0 radical (unpaired) electrons. The summed E-state index contributed by atoms with van der Waals surface area (Å²) < 4.78 is 14.6. The minimum atomic E-state index is -0.471. The summed E-state index contributed by atoms with van der Waals surface area (Å²) in [6.07, 6.45) is 0.959. The van der Waals surface area contributed by atoms with Crippen molar-refractivity contribution in [3.8, 4) is 0 Å². The Morgan fingerprint density at radius 1 is 1.39 bits per heavy atom. The second kappa shape index (κ2) is 5.70. The molecule has 1 atom stereocenters. The van der Waals surface area contributed by atoms with Crippen LogP contribution in [0.2, 0.25) is 5.02 Å². The molecule has 2 N–H and O–H groups in total. The monoisotopic (exact) mass is 347 g/mol. The summed E-state index contributed by atoms with van der Waals surface area (Å²) in [6, 6.07) is 6.89. The lowest BCUT2D eigenvalue weighted by Crippen LogP contribution is -2.12. The van der Waals surface area contributed by atoms with Gasteiger partial charge in [-0.25, -0.2) is 4.39 Å². The summed E-state index contributed by atoms with van der Waals surface area (Å²) >= 11 is 10.7. The van der Waals surface area contributed by atoms with E-state index in [4.69, 9.17) is 17.3 Å². The van der Waals surface area contributed by atoms with Crippen LogP contribution >= 0.6 is 38.9 Å². The third-order valence-corrected chi connectivity index (χ3v) is 5.31. The summed E-state index contributed by atoms with van der Waals surface area (Å²) in [5.41, 5.74) is 6.52. The molecule has 0 amide bonds. The average molecular weight is 349 g/mol. The fraction of sp³-hybridized carbons (Fsp3) is 0.231. The first-order chi connectivity index (χ1) is 8.54. The third kappa shape index (κ3) is 2.62. The summed E-state index contributed by atoms with van der Waals surface area (Å²) in [6.45, 7) is 2.08. The SMILES string of the molecule is CCc1ccc(C(N)c2ccc(Br)c(Cl)c2F)s1. The number of rotatable bonds is 3. The van der Waals surface area contributed by atoms with Crippen LogP contribution in [0.5, 0.6) is 0 Å². The van der Waals surface area contributed by atoms with Gasteiger partial charge in [0.15, 0.2) is 0 Å². The molecule has 0 bridgehead atoms. The van der Waals surface area contributed by atoms with Gasteiger partial charge >= 0.3 is 0 Å². The first-order valence-electron chi connectivity index (χ1n) is 5.52. The molecular weight excluding hydrogens is 337 g/mol. The molecule has 0 spiro atoms. The molecule has 2 aromatic rings. The highest BCUT2D eigenvalue weighted by Crippen LogP contribution is 2.34. The lowest BCUT2D eigenvalue weighted by atomic mass is 10.1. The number of aryl methyl sites for hydroxylation is 1. The normalized spacial score (nSPS) is 12.7. The zero-order chi connectivity index (χ0) is 13.3. The van der Waals surface area contributed by atoms with E-state index in [1.54, 1.807) is 23.5 Å². The van der Waals surface area contributed by atoms with Crippen LogP contribution in [-0.2, 0) is 6.42 Å². The van der Waals surface area contributed by atoms with Crippen molar-refractivity contribution in [3.63, 3.8) is 0 Å². The third-order valence-electron chi connectivity index (χ3n) is 2.74. The van der Waals surface area contributed by atoms with Crippen LogP contribution in [-0.4, -0.2) is 0 Å². The molecule has 18 heavy (non-hydrogen) atoms. The number of thiophene rings is 1. The maximum Gasteiger partial charge on any atom is 0.148 e. The molecule has 0 aliphatic carbocycles. The predicted molar refractivity (Wildman–Crippen MR) is 78.8 cm³/mol. The number of halogens is 3. The molecule has 1 heterocycles. The standard InChI is InChI=1S/C13H12BrClFNS/c1-2-7-3-6-10(18-7)13(17)8-4-5-9(14)11(15)12(8)16/h3-6,13H,2,17H2,1H3. The molecule has 0 aliphatic rings. The largest absolute Gasteiger partial charge is 0.320 e. The van der Waals surface area contributed by atoms with Crippen LogP contribution in [0.3, 0.4) is 0 Å². The van der Waals surface area contributed by atoms with Gasteiger partial charge in [0.05, 0.1) is 11.1 Å². The molecular formula is C13H12BrClFNS. The van der Waals surface area contributed by atoms with E-state index in [-0.39, 0.29) is 5.02 Å². The molecule has 5 heteroatoms. The van der Waals surface area contributed by atoms with Crippen molar-refractivity contribution >= 4 is 38.9 Å². The van der Waals surface area contributed by atoms with Gasteiger partial charge in [-0.15, -0.1) is 11.3 Å². The van der Waals surface area contributed by atoms with Gasteiger partial charge in [0.25, 0.3) is 0 Å². The van der Waals surface area contributed by atoms with Crippen molar-refractivity contribution in [2.24, 2.45) is 5.73 Å². The topological polar surface area (TPSA) is 26.0 Å². The Morgan fingerprint density at radius 3 is 2.72 bits per heavy atom. The Morgan fingerprint density at radius 2 is 2.11 bits per heavy atom. The zero-order valence-corrected chi connectivity index (χ0v) is 12.9. The van der Waals surface area contributed by atoms with Crippen molar-refractivity contribution in [3.05, 3.63) is 54.9 Å². The Bertz CT molecular complexity index is 570. The van der Waals surface area contributed by atoms with E-state index < -0.39 is 11.9 Å². The minimum absolute atomic E-state index is 0.0789.